The Kier molecular flexibility index (Phi) is 5.45. The Morgan fingerprint density at radius 2 is 1.75 bits per heavy atom. The van der Waals surface area contributed by atoms with Crippen molar-refractivity contribution in [2.45, 2.75) is 38.5 Å². The van der Waals surface area contributed by atoms with E-state index in [9.17, 15) is 8.42 Å². The summed E-state index contributed by atoms with van der Waals surface area (Å²) in [6.07, 6.45) is 0. The molecule has 0 fully saturated rings. The third-order valence-corrected chi connectivity index (χ3v) is 5.53. The average molecular weight is 368 g/mol. The van der Waals surface area contributed by atoms with Crippen LogP contribution >= 0.6 is 11.6 Å². The quantitative estimate of drug-likeness (QED) is 0.818. The first-order valence-corrected chi connectivity index (χ1v) is 9.49. The van der Waals surface area contributed by atoms with Gasteiger partial charge < -0.3 is 4.74 Å². The lowest BCUT2D eigenvalue weighted by molar-refractivity contribution is 0.402. The second-order valence-corrected chi connectivity index (χ2v) is 8.17. The number of ether oxygens (including phenoxy) is 1. The number of hydrogen-bond donors (Lipinski definition) is 1. The van der Waals surface area contributed by atoms with Crippen molar-refractivity contribution in [3.05, 3.63) is 52.0 Å². The van der Waals surface area contributed by atoms with Crippen LogP contribution < -0.4 is 9.46 Å². The van der Waals surface area contributed by atoms with Gasteiger partial charge in [0.2, 0.25) is 0 Å². The first-order chi connectivity index (χ1) is 11.2. The van der Waals surface area contributed by atoms with Gasteiger partial charge >= 0.3 is 0 Å². The molecule has 0 aliphatic rings. The summed E-state index contributed by atoms with van der Waals surface area (Å²) in [7, 11) is -2.34. The fraction of sp³-hybridized carbons (Fsp3) is 0.333. The lowest BCUT2D eigenvalue weighted by Crippen LogP contribution is -2.15. The molecular weight excluding hydrogens is 346 g/mol. The molecule has 0 aliphatic heterocycles. The standard InChI is InChI=1S/C18H22ClNO3S/c1-11(2)15-10-18(17(23-5)8-13(15)4)24(21,22)20-16-9-14(19)7-6-12(16)3/h6-11,20H,1-5H3. The van der Waals surface area contributed by atoms with Crippen LogP contribution in [0.15, 0.2) is 35.2 Å². The van der Waals surface area contributed by atoms with E-state index in [4.69, 9.17) is 16.3 Å². The molecular formula is C18H22ClNO3S. The Bertz CT molecular complexity index is 861. The molecule has 4 nitrogen and oxygen atoms in total. The first-order valence-electron chi connectivity index (χ1n) is 7.63. The van der Waals surface area contributed by atoms with Gasteiger partial charge in [0, 0.05) is 5.02 Å². The molecule has 2 aromatic rings. The normalized spacial score (nSPS) is 11.6. The fourth-order valence-electron chi connectivity index (χ4n) is 2.57. The molecule has 0 atom stereocenters. The van der Waals surface area contributed by atoms with Gasteiger partial charge in [-0.1, -0.05) is 31.5 Å². The largest absolute Gasteiger partial charge is 0.495 e. The Morgan fingerprint density at radius 3 is 2.33 bits per heavy atom. The molecule has 0 radical (unpaired) electrons. The van der Waals surface area contributed by atoms with Crippen LogP contribution in [0.5, 0.6) is 5.75 Å². The minimum absolute atomic E-state index is 0.124. The van der Waals surface area contributed by atoms with Gasteiger partial charge in [0.15, 0.2) is 0 Å². The zero-order valence-corrected chi connectivity index (χ0v) is 16.0. The molecule has 1 N–H and O–H groups in total. The predicted octanol–water partition coefficient (Wildman–Crippen LogP) is 4.89. The highest BCUT2D eigenvalue weighted by atomic mass is 35.5. The van der Waals surface area contributed by atoms with Gasteiger partial charge in [0.05, 0.1) is 12.8 Å². The van der Waals surface area contributed by atoms with Crippen molar-refractivity contribution in [3.63, 3.8) is 0 Å². The van der Waals surface area contributed by atoms with Gasteiger partial charge in [-0.15, -0.1) is 0 Å². The molecule has 2 aromatic carbocycles. The van der Waals surface area contributed by atoms with E-state index in [0.717, 1.165) is 16.7 Å². The molecule has 0 aliphatic carbocycles. The Morgan fingerprint density at radius 1 is 1.08 bits per heavy atom. The average Bonchev–Trinajstić information content (AvgIpc) is 2.49. The molecule has 0 saturated heterocycles. The van der Waals surface area contributed by atoms with Crippen LogP contribution in [0.4, 0.5) is 5.69 Å². The van der Waals surface area contributed by atoms with E-state index in [-0.39, 0.29) is 10.8 Å². The number of aryl methyl sites for hydroxylation is 2. The predicted molar refractivity (Wildman–Crippen MR) is 98.8 cm³/mol. The van der Waals surface area contributed by atoms with Crippen LogP contribution in [0.25, 0.3) is 0 Å². The third-order valence-electron chi connectivity index (χ3n) is 3.91. The maximum atomic E-state index is 12.9. The van der Waals surface area contributed by atoms with Crippen molar-refractivity contribution in [2.75, 3.05) is 11.8 Å². The molecule has 0 amide bonds. The lowest BCUT2D eigenvalue weighted by atomic mass is 9.98. The number of benzene rings is 2. The Hall–Kier alpha value is -1.72. The highest BCUT2D eigenvalue weighted by molar-refractivity contribution is 7.92. The van der Waals surface area contributed by atoms with Gasteiger partial charge in [-0.3, -0.25) is 4.72 Å². The summed E-state index contributed by atoms with van der Waals surface area (Å²) in [5, 5.41) is 0.469. The van der Waals surface area contributed by atoms with Crippen LogP contribution in [-0.4, -0.2) is 15.5 Å². The van der Waals surface area contributed by atoms with Crippen molar-refractivity contribution in [3.8, 4) is 5.75 Å². The topological polar surface area (TPSA) is 55.4 Å². The summed E-state index contributed by atoms with van der Waals surface area (Å²) < 4.78 is 33.7. The number of hydrogen-bond acceptors (Lipinski definition) is 3. The van der Waals surface area contributed by atoms with E-state index in [0.29, 0.717) is 16.5 Å². The second-order valence-electron chi connectivity index (χ2n) is 6.08. The molecule has 0 spiro atoms. The van der Waals surface area contributed by atoms with Crippen LogP contribution in [0.2, 0.25) is 5.02 Å². The van der Waals surface area contributed by atoms with Crippen LogP contribution in [0.3, 0.4) is 0 Å². The number of anilines is 1. The molecule has 2 rings (SSSR count). The summed E-state index contributed by atoms with van der Waals surface area (Å²) in [6, 6.07) is 8.53. The van der Waals surface area contributed by atoms with Gasteiger partial charge in [-0.05, 0) is 60.7 Å². The van der Waals surface area contributed by atoms with E-state index in [2.05, 4.69) is 4.72 Å². The number of nitrogens with one attached hydrogen (secondary N) is 1. The van der Waals surface area contributed by atoms with Crippen molar-refractivity contribution in [1.29, 1.82) is 0 Å². The molecule has 0 heterocycles. The summed E-state index contributed by atoms with van der Waals surface area (Å²) in [6.45, 7) is 7.82. The van der Waals surface area contributed by atoms with Crippen molar-refractivity contribution >= 4 is 27.3 Å². The van der Waals surface area contributed by atoms with E-state index in [1.807, 2.05) is 27.7 Å². The SMILES string of the molecule is COc1cc(C)c(C(C)C)cc1S(=O)(=O)Nc1cc(Cl)ccc1C. The Labute approximate surface area is 148 Å². The van der Waals surface area contributed by atoms with E-state index in [1.165, 1.54) is 7.11 Å². The molecule has 24 heavy (non-hydrogen) atoms. The maximum absolute atomic E-state index is 12.9. The van der Waals surface area contributed by atoms with Gasteiger partial charge in [0.1, 0.15) is 10.6 Å². The minimum Gasteiger partial charge on any atom is -0.495 e. The monoisotopic (exact) mass is 367 g/mol. The number of methoxy groups -OCH3 is 1. The van der Waals surface area contributed by atoms with E-state index >= 15 is 0 Å². The highest BCUT2D eigenvalue weighted by Crippen LogP contribution is 2.33. The van der Waals surface area contributed by atoms with Gasteiger partial charge in [-0.2, -0.15) is 0 Å². The minimum atomic E-state index is -3.80. The molecule has 0 aromatic heterocycles. The van der Waals surface area contributed by atoms with Crippen molar-refractivity contribution in [2.24, 2.45) is 0 Å². The molecule has 6 heteroatoms. The maximum Gasteiger partial charge on any atom is 0.265 e. The van der Waals surface area contributed by atoms with E-state index < -0.39 is 10.0 Å². The molecule has 0 unspecified atom stereocenters. The van der Waals surface area contributed by atoms with E-state index in [1.54, 1.807) is 30.3 Å². The first kappa shape index (κ1) is 18.6. The summed E-state index contributed by atoms with van der Waals surface area (Å²) in [5.41, 5.74) is 3.22. The zero-order chi connectivity index (χ0) is 18.1. The Balaban J connectivity index is 2.56. The van der Waals surface area contributed by atoms with Crippen molar-refractivity contribution in [1.82, 2.24) is 0 Å². The summed E-state index contributed by atoms with van der Waals surface area (Å²) in [5.74, 6) is 0.529. The number of rotatable bonds is 5. The third kappa shape index (κ3) is 3.84. The molecule has 0 saturated carbocycles. The van der Waals surface area contributed by atoms with Gasteiger partial charge in [0.25, 0.3) is 10.0 Å². The van der Waals surface area contributed by atoms with Crippen LogP contribution in [0.1, 0.15) is 36.5 Å². The van der Waals surface area contributed by atoms with Crippen molar-refractivity contribution < 1.29 is 13.2 Å². The van der Waals surface area contributed by atoms with Crippen LogP contribution in [-0.2, 0) is 10.0 Å². The molecule has 0 bridgehead atoms. The fourth-order valence-corrected chi connectivity index (χ4v) is 4.05. The lowest BCUT2D eigenvalue weighted by Gasteiger charge is -2.17. The van der Waals surface area contributed by atoms with Gasteiger partial charge in [-0.25, -0.2) is 8.42 Å². The molecule has 130 valence electrons. The summed E-state index contributed by atoms with van der Waals surface area (Å²) >= 11 is 5.98. The smallest absolute Gasteiger partial charge is 0.265 e. The zero-order valence-electron chi connectivity index (χ0n) is 14.5. The second kappa shape index (κ2) is 7.03. The number of sulfonamides is 1. The summed E-state index contributed by atoms with van der Waals surface area (Å²) in [4.78, 5) is 0.124. The number of halogens is 1. The highest BCUT2D eigenvalue weighted by Gasteiger charge is 2.23. The van der Waals surface area contributed by atoms with Crippen LogP contribution in [0, 0.1) is 13.8 Å².